The van der Waals surface area contributed by atoms with Crippen LogP contribution >= 0.6 is 15.9 Å². The van der Waals surface area contributed by atoms with Crippen molar-refractivity contribution in [3.05, 3.63) is 16.9 Å². The second-order valence-corrected chi connectivity index (χ2v) is 5.69. The summed E-state index contributed by atoms with van der Waals surface area (Å²) in [7, 11) is 0. The summed E-state index contributed by atoms with van der Waals surface area (Å²) in [5, 5.41) is 15.3. The molecule has 0 saturated carbocycles. The van der Waals surface area contributed by atoms with Gasteiger partial charge in [0.15, 0.2) is 0 Å². The summed E-state index contributed by atoms with van der Waals surface area (Å²) in [4.78, 5) is 22.7. The highest BCUT2D eigenvalue weighted by Gasteiger charge is 2.24. The number of nitrogens with one attached hydrogen (secondary N) is 1. The Morgan fingerprint density at radius 3 is 2.63 bits per heavy atom. The van der Waals surface area contributed by atoms with Gasteiger partial charge in [-0.05, 0) is 42.8 Å². The second kappa shape index (κ2) is 6.05. The van der Waals surface area contributed by atoms with Crippen molar-refractivity contribution in [3.63, 3.8) is 0 Å². The number of nitrogens with zero attached hydrogens (tertiary/aromatic N) is 2. The van der Waals surface area contributed by atoms with Crippen molar-refractivity contribution in [3.8, 4) is 0 Å². The van der Waals surface area contributed by atoms with E-state index in [4.69, 9.17) is 9.84 Å². The number of amides is 1. The summed E-state index contributed by atoms with van der Waals surface area (Å²) in [5.41, 5.74) is -0.681. The fourth-order valence-corrected chi connectivity index (χ4v) is 1.61. The molecule has 0 fully saturated rings. The van der Waals surface area contributed by atoms with Crippen LogP contribution in [0.15, 0.2) is 16.9 Å². The van der Waals surface area contributed by atoms with Crippen LogP contribution in [-0.4, -0.2) is 38.6 Å². The molecule has 1 heterocycles. The van der Waals surface area contributed by atoms with Gasteiger partial charge in [0, 0.05) is 0 Å². The number of halogens is 1. The molecule has 0 radical (unpaired) electrons. The van der Waals surface area contributed by atoms with Crippen LogP contribution in [0.4, 0.5) is 4.79 Å². The lowest BCUT2D eigenvalue weighted by Gasteiger charge is -2.22. The number of rotatable bonds is 4. The number of aliphatic carboxylic acids is 1. The van der Waals surface area contributed by atoms with Gasteiger partial charge in [-0.2, -0.15) is 5.10 Å². The Morgan fingerprint density at radius 1 is 1.58 bits per heavy atom. The molecule has 0 saturated heterocycles. The molecule has 0 aliphatic carbocycles. The van der Waals surface area contributed by atoms with E-state index >= 15 is 0 Å². The van der Waals surface area contributed by atoms with Crippen molar-refractivity contribution in [2.24, 2.45) is 0 Å². The van der Waals surface area contributed by atoms with Crippen molar-refractivity contribution in [2.45, 2.75) is 39.0 Å². The smallest absolute Gasteiger partial charge is 0.408 e. The van der Waals surface area contributed by atoms with E-state index in [1.54, 1.807) is 26.8 Å². The SMILES string of the molecule is CC(C)(C)OC(=O)N[C@@H](Cn1nccc1Br)C(=O)O. The van der Waals surface area contributed by atoms with Crippen molar-refractivity contribution in [2.75, 3.05) is 0 Å². The molecule has 0 unspecified atom stereocenters. The Bertz CT molecular complexity index is 467. The molecule has 1 atom stereocenters. The molecular formula is C11H16BrN3O4. The first-order chi connectivity index (χ1) is 8.69. The highest BCUT2D eigenvalue weighted by Crippen LogP contribution is 2.10. The van der Waals surface area contributed by atoms with Crippen LogP contribution in [0.25, 0.3) is 0 Å². The first-order valence-corrected chi connectivity index (χ1v) is 6.38. The van der Waals surface area contributed by atoms with Crippen LogP contribution < -0.4 is 5.32 Å². The zero-order valence-electron chi connectivity index (χ0n) is 10.9. The number of carbonyl (C=O) groups excluding carboxylic acids is 1. The van der Waals surface area contributed by atoms with Gasteiger partial charge in [-0.1, -0.05) is 0 Å². The monoisotopic (exact) mass is 333 g/mol. The van der Waals surface area contributed by atoms with E-state index in [1.807, 2.05) is 0 Å². The Labute approximate surface area is 119 Å². The van der Waals surface area contributed by atoms with E-state index in [2.05, 4.69) is 26.3 Å². The van der Waals surface area contributed by atoms with Gasteiger partial charge in [0.25, 0.3) is 0 Å². The lowest BCUT2D eigenvalue weighted by molar-refractivity contribution is -0.139. The minimum Gasteiger partial charge on any atom is -0.480 e. The predicted octanol–water partition coefficient (Wildman–Crippen LogP) is 1.62. The summed E-state index contributed by atoms with van der Waals surface area (Å²) >= 11 is 3.22. The zero-order valence-corrected chi connectivity index (χ0v) is 12.5. The molecule has 1 aromatic heterocycles. The predicted molar refractivity (Wildman–Crippen MR) is 70.7 cm³/mol. The highest BCUT2D eigenvalue weighted by atomic mass is 79.9. The molecular weight excluding hydrogens is 318 g/mol. The molecule has 1 rings (SSSR count). The standard InChI is InChI=1S/C11H16BrN3O4/c1-11(2,3)19-10(18)14-7(9(16)17)6-15-8(12)4-5-13-15/h4-5,7H,6H2,1-3H3,(H,14,18)(H,16,17)/t7-/m0/s1. The number of carboxylic acid groups (broad SMARTS) is 1. The molecule has 0 aromatic carbocycles. The normalized spacial score (nSPS) is 12.8. The average Bonchev–Trinajstić information content (AvgIpc) is 2.60. The van der Waals surface area contributed by atoms with Gasteiger partial charge >= 0.3 is 12.1 Å². The van der Waals surface area contributed by atoms with Crippen molar-refractivity contribution in [1.29, 1.82) is 0 Å². The van der Waals surface area contributed by atoms with Gasteiger partial charge in [-0.15, -0.1) is 0 Å². The minimum atomic E-state index is -1.16. The van der Waals surface area contributed by atoms with E-state index in [-0.39, 0.29) is 6.54 Å². The fourth-order valence-electron chi connectivity index (χ4n) is 1.26. The number of carboxylic acids is 1. The lowest BCUT2D eigenvalue weighted by atomic mass is 10.2. The maximum Gasteiger partial charge on any atom is 0.408 e. The summed E-state index contributed by atoms with van der Waals surface area (Å²) in [6.45, 7) is 5.10. The Kier molecular flexibility index (Phi) is 4.93. The molecule has 0 aliphatic heterocycles. The van der Waals surface area contributed by atoms with Crippen LogP contribution in [0.3, 0.4) is 0 Å². The molecule has 1 aromatic rings. The third-order valence-corrected chi connectivity index (χ3v) is 2.68. The number of alkyl carbamates (subject to hydrolysis) is 1. The van der Waals surface area contributed by atoms with Crippen molar-refractivity contribution in [1.82, 2.24) is 15.1 Å². The first kappa shape index (κ1) is 15.5. The van der Waals surface area contributed by atoms with Crippen LogP contribution in [0.5, 0.6) is 0 Å². The molecule has 2 N–H and O–H groups in total. The van der Waals surface area contributed by atoms with E-state index in [0.29, 0.717) is 4.60 Å². The summed E-state index contributed by atoms with van der Waals surface area (Å²) in [6.07, 6.45) is 0.749. The molecule has 7 nitrogen and oxygen atoms in total. The third-order valence-electron chi connectivity index (χ3n) is 2.01. The van der Waals surface area contributed by atoms with Gasteiger partial charge in [-0.25, -0.2) is 9.59 Å². The number of ether oxygens (including phenoxy) is 1. The topological polar surface area (TPSA) is 93.5 Å². The summed E-state index contributed by atoms with van der Waals surface area (Å²) < 4.78 is 7.07. The molecule has 1 amide bonds. The first-order valence-electron chi connectivity index (χ1n) is 5.58. The van der Waals surface area contributed by atoms with Gasteiger partial charge in [0.2, 0.25) is 0 Å². The van der Waals surface area contributed by atoms with Crippen molar-refractivity contribution >= 4 is 28.0 Å². The fraction of sp³-hybridized carbons (Fsp3) is 0.545. The minimum absolute atomic E-state index is 0.00214. The van der Waals surface area contributed by atoms with E-state index in [0.717, 1.165) is 0 Å². The molecule has 106 valence electrons. The Hall–Kier alpha value is -1.57. The van der Waals surface area contributed by atoms with E-state index < -0.39 is 23.7 Å². The van der Waals surface area contributed by atoms with Crippen molar-refractivity contribution < 1.29 is 19.4 Å². The Balaban J connectivity index is 2.67. The maximum atomic E-state index is 11.5. The van der Waals surface area contributed by atoms with Crippen LogP contribution in [0, 0.1) is 0 Å². The summed E-state index contributed by atoms with van der Waals surface area (Å²) in [6, 6.07) is 0.554. The van der Waals surface area contributed by atoms with Crippen LogP contribution in [-0.2, 0) is 16.1 Å². The molecule has 0 aliphatic rings. The van der Waals surface area contributed by atoms with Crippen LogP contribution in [0.1, 0.15) is 20.8 Å². The highest BCUT2D eigenvalue weighted by molar-refractivity contribution is 9.10. The van der Waals surface area contributed by atoms with Gasteiger partial charge in [0.05, 0.1) is 12.7 Å². The number of carbonyl (C=O) groups is 2. The zero-order chi connectivity index (χ0) is 14.6. The molecule has 0 spiro atoms. The average molecular weight is 334 g/mol. The number of hydrogen-bond donors (Lipinski definition) is 2. The second-order valence-electron chi connectivity index (χ2n) is 4.87. The molecule has 0 bridgehead atoms. The van der Waals surface area contributed by atoms with Gasteiger partial charge < -0.3 is 15.2 Å². The largest absolute Gasteiger partial charge is 0.480 e. The maximum absolute atomic E-state index is 11.5. The lowest BCUT2D eigenvalue weighted by Crippen LogP contribution is -2.45. The summed E-state index contributed by atoms with van der Waals surface area (Å²) in [5.74, 6) is -1.16. The van der Waals surface area contributed by atoms with Gasteiger partial charge in [-0.3, -0.25) is 4.68 Å². The number of hydrogen-bond acceptors (Lipinski definition) is 4. The number of aromatic nitrogens is 2. The molecule has 8 heteroatoms. The quantitative estimate of drug-likeness (QED) is 0.873. The van der Waals surface area contributed by atoms with Crippen LogP contribution in [0.2, 0.25) is 0 Å². The van der Waals surface area contributed by atoms with E-state index in [1.165, 1.54) is 10.9 Å². The molecule has 19 heavy (non-hydrogen) atoms. The van der Waals surface area contributed by atoms with E-state index in [9.17, 15) is 9.59 Å². The van der Waals surface area contributed by atoms with Gasteiger partial charge in [0.1, 0.15) is 16.2 Å². The Morgan fingerprint density at radius 2 is 2.21 bits per heavy atom. The third kappa shape index (κ3) is 5.29.